The Labute approximate surface area is 85.5 Å². The van der Waals surface area contributed by atoms with Gasteiger partial charge in [0.15, 0.2) is 0 Å². The van der Waals surface area contributed by atoms with Gasteiger partial charge in [0.1, 0.15) is 0 Å². The highest BCUT2D eigenvalue weighted by molar-refractivity contribution is 5.35. The standard InChI is InChI=1S/C12H18N2/c1-9-3-4-11(7-10(9)2)12(13)5-6-14-8-12/h3-4,7,14H,5-6,8,13H2,1-2H3. The molecular weight excluding hydrogens is 172 g/mol. The summed E-state index contributed by atoms with van der Waals surface area (Å²) in [6.45, 7) is 6.21. The Balaban J connectivity index is 2.36. The minimum Gasteiger partial charge on any atom is -0.320 e. The van der Waals surface area contributed by atoms with Gasteiger partial charge < -0.3 is 11.1 Å². The van der Waals surface area contributed by atoms with Crippen molar-refractivity contribution in [2.24, 2.45) is 5.73 Å². The average Bonchev–Trinajstić information content (AvgIpc) is 2.58. The molecule has 0 aromatic heterocycles. The first-order chi connectivity index (χ1) is 6.62. The van der Waals surface area contributed by atoms with Crippen LogP contribution in [0.15, 0.2) is 18.2 Å². The van der Waals surface area contributed by atoms with Crippen LogP contribution >= 0.6 is 0 Å². The van der Waals surface area contributed by atoms with Crippen LogP contribution in [0.1, 0.15) is 23.1 Å². The van der Waals surface area contributed by atoms with Crippen molar-refractivity contribution in [3.05, 3.63) is 34.9 Å². The molecule has 1 aliphatic heterocycles. The summed E-state index contributed by atoms with van der Waals surface area (Å²) in [7, 11) is 0. The first-order valence-corrected chi connectivity index (χ1v) is 5.19. The van der Waals surface area contributed by atoms with Crippen molar-refractivity contribution in [1.29, 1.82) is 0 Å². The normalized spacial score (nSPS) is 26.8. The molecule has 2 rings (SSSR count). The lowest BCUT2D eigenvalue weighted by Crippen LogP contribution is -2.38. The molecule has 2 heteroatoms. The Morgan fingerprint density at radius 1 is 1.29 bits per heavy atom. The highest BCUT2D eigenvalue weighted by Crippen LogP contribution is 2.26. The van der Waals surface area contributed by atoms with Gasteiger partial charge in [-0.15, -0.1) is 0 Å². The van der Waals surface area contributed by atoms with Crippen molar-refractivity contribution in [2.45, 2.75) is 25.8 Å². The van der Waals surface area contributed by atoms with Gasteiger partial charge in [0, 0.05) is 6.54 Å². The van der Waals surface area contributed by atoms with Gasteiger partial charge in [-0.25, -0.2) is 0 Å². The molecule has 1 aromatic carbocycles. The Kier molecular flexibility index (Phi) is 2.33. The minimum absolute atomic E-state index is 0.140. The molecule has 1 saturated heterocycles. The van der Waals surface area contributed by atoms with Gasteiger partial charge in [-0.05, 0) is 43.5 Å². The van der Waals surface area contributed by atoms with E-state index in [0.717, 1.165) is 19.5 Å². The third-order valence-electron chi connectivity index (χ3n) is 3.27. The second kappa shape index (κ2) is 3.37. The minimum atomic E-state index is -0.140. The molecule has 0 amide bonds. The summed E-state index contributed by atoms with van der Waals surface area (Å²) >= 11 is 0. The maximum absolute atomic E-state index is 6.34. The third kappa shape index (κ3) is 1.56. The summed E-state index contributed by atoms with van der Waals surface area (Å²) < 4.78 is 0. The predicted octanol–water partition coefficient (Wildman–Crippen LogP) is 1.45. The average molecular weight is 190 g/mol. The van der Waals surface area contributed by atoms with Crippen LogP contribution in [0.4, 0.5) is 0 Å². The molecule has 0 radical (unpaired) electrons. The van der Waals surface area contributed by atoms with E-state index in [-0.39, 0.29) is 5.54 Å². The number of nitrogens with two attached hydrogens (primary N) is 1. The van der Waals surface area contributed by atoms with Gasteiger partial charge in [0.2, 0.25) is 0 Å². The quantitative estimate of drug-likeness (QED) is 0.703. The molecule has 1 heterocycles. The molecule has 1 atom stereocenters. The second-order valence-corrected chi connectivity index (χ2v) is 4.38. The van der Waals surface area contributed by atoms with E-state index in [9.17, 15) is 0 Å². The van der Waals surface area contributed by atoms with Crippen molar-refractivity contribution in [2.75, 3.05) is 13.1 Å². The number of benzene rings is 1. The molecule has 1 fully saturated rings. The molecule has 1 aliphatic rings. The SMILES string of the molecule is Cc1ccc(C2(N)CCNC2)cc1C. The van der Waals surface area contributed by atoms with Crippen molar-refractivity contribution in [3.8, 4) is 0 Å². The molecule has 14 heavy (non-hydrogen) atoms. The van der Waals surface area contributed by atoms with Crippen LogP contribution < -0.4 is 11.1 Å². The summed E-state index contributed by atoms with van der Waals surface area (Å²) in [4.78, 5) is 0. The van der Waals surface area contributed by atoms with Crippen LogP contribution in [-0.4, -0.2) is 13.1 Å². The van der Waals surface area contributed by atoms with E-state index in [0.29, 0.717) is 0 Å². The summed E-state index contributed by atoms with van der Waals surface area (Å²) in [5, 5.41) is 3.32. The molecule has 2 nitrogen and oxygen atoms in total. The Morgan fingerprint density at radius 2 is 2.07 bits per heavy atom. The predicted molar refractivity (Wildman–Crippen MR) is 59.3 cm³/mol. The van der Waals surface area contributed by atoms with Gasteiger partial charge in [-0.1, -0.05) is 18.2 Å². The van der Waals surface area contributed by atoms with E-state index in [4.69, 9.17) is 5.73 Å². The maximum atomic E-state index is 6.34. The van der Waals surface area contributed by atoms with Crippen LogP contribution in [0.25, 0.3) is 0 Å². The fourth-order valence-corrected chi connectivity index (χ4v) is 2.01. The molecule has 0 aliphatic carbocycles. The molecule has 1 unspecified atom stereocenters. The monoisotopic (exact) mass is 190 g/mol. The summed E-state index contributed by atoms with van der Waals surface area (Å²) in [5.41, 5.74) is 10.1. The number of nitrogens with one attached hydrogen (secondary N) is 1. The van der Waals surface area contributed by atoms with Crippen LogP contribution in [0.3, 0.4) is 0 Å². The van der Waals surface area contributed by atoms with E-state index in [1.165, 1.54) is 16.7 Å². The van der Waals surface area contributed by atoms with Crippen molar-refractivity contribution < 1.29 is 0 Å². The lowest BCUT2D eigenvalue weighted by molar-refractivity contribution is 0.493. The van der Waals surface area contributed by atoms with E-state index >= 15 is 0 Å². The first kappa shape index (κ1) is 9.69. The highest BCUT2D eigenvalue weighted by Gasteiger charge is 2.30. The van der Waals surface area contributed by atoms with Crippen LogP contribution in [0.2, 0.25) is 0 Å². The third-order valence-corrected chi connectivity index (χ3v) is 3.27. The van der Waals surface area contributed by atoms with Crippen LogP contribution in [0.5, 0.6) is 0 Å². The van der Waals surface area contributed by atoms with Crippen molar-refractivity contribution in [3.63, 3.8) is 0 Å². The molecule has 0 saturated carbocycles. The molecule has 1 aromatic rings. The second-order valence-electron chi connectivity index (χ2n) is 4.38. The number of hydrogen-bond donors (Lipinski definition) is 2. The Hall–Kier alpha value is -0.860. The van der Waals surface area contributed by atoms with E-state index < -0.39 is 0 Å². The van der Waals surface area contributed by atoms with Gasteiger partial charge in [0.05, 0.1) is 5.54 Å². The fraction of sp³-hybridized carbons (Fsp3) is 0.500. The van der Waals surface area contributed by atoms with Crippen LogP contribution in [0, 0.1) is 13.8 Å². The van der Waals surface area contributed by atoms with Crippen molar-refractivity contribution in [1.82, 2.24) is 5.32 Å². The smallest absolute Gasteiger partial charge is 0.0548 e. The number of aryl methyl sites for hydroxylation is 2. The number of hydrogen-bond acceptors (Lipinski definition) is 2. The summed E-state index contributed by atoms with van der Waals surface area (Å²) in [6, 6.07) is 6.55. The lowest BCUT2D eigenvalue weighted by Gasteiger charge is -2.24. The fourth-order valence-electron chi connectivity index (χ4n) is 2.01. The first-order valence-electron chi connectivity index (χ1n) is 5.19. The van der Waals surface area contributed by atoms with Gasteiger partial charge in [0.25, 0.3) is 0 Å². The molecule has 0 spiro atoms. The van der Waals surface area contributed by atoms with E-state index in [2.05, 4.69) is 37.4 Å². The van der Waals surface area contributed by atoms with Gasteiger partial charge in [-0.3, -0.25) is 0 Å². The van der Waals surface area contributed by atoms with Crippen LogP contribution in [-0.2, 0) is 5.54 Å². The zero-order chi connectivity index (χ0) is 10.2. The molecule has 3 N–H and O–H groups in total. The Morgan fingerprint density at radius 3 is 2.64 bits per heavy atom. The molecular formula is C12H18N2. The maximum Gasteiger partial charge on any atom is 0.0548 e. The van der Waals surface area contributed by atoms with E-state index in [1.54, 1.807) is 0 Å². The largest absolute Gasteiger partial charge is 0.320 e. The highest BCUT2D eigenvalue weighted by atomic mass is 15.0. The summed E-state index contributed by atoms with van der Waals surface area (Å²) in [6.07, 6.45) is 1.04. The molecule has 76 valence electrons. The topological polar surface area (TPSA) is 38.0 Å². The number of rotatable bonds is 1. The van der Waals surface area contributed by atoms with E-state index in [1.807, 2.05) is 0 Å². The van der Waals surface area contributed by atoms with Gasteiger partial charge >= 0.3 is 0 Å². The summed E-state index contributed by atoms with van der Waals surface area (Å²) in [5.74, 6) is 0. The Bertz CT molecular complexity index is 338. The van der Waals surface area contributed by atoms with Crippen molar-refractivity contribution >= 4 is 0 Å². The zero-order valence-corrected chi connectivity index (χ0v) is 8.93. The lowest BCUT2D eigenvalue weighted by atomic mass is 9.88. The van der Waals surface area contributed by atoms with Gasteiger partial charge in [-0.2, -0.15) is 0 Å². The zero-order valence-electron chi connectivity index (χ0n) is 8.93. The molecule has 0 bridgehead atoms.